The van der Waals surface area contributed by atoms with E-state index in [1.54, 1.807) is 31.3 Å². The molecule has 2 saturated heterocycles. The van der Waals surface area contributed by atoms with Gasteiger partial charge in [-0.05, 0) is 177 Å². The number of carboxylic acids is 1. The van der Waals surface area contributed by atoms with Gasteiger partial charge in [0, 0.05) is 119 Å². The summed E-state index contributed by atoms with van der Waals surface area (Å²) in [5.74, 6) is 5.49. The number of carbonyl (C=O) groups excluding carboxylic acids is 5. The molecule has 8 saturated carbocycles. The highest BCUT2D eigenvalue weighted by atomic mass is 127. The van der Waals surface area contributed by atoms with Gasteiger partial charge in [-0.3, -0.25) is 33.7 Å². The summed E-state index contributed by atoms with van der Waals surface area (Å²) in [6.07, 6.45) is 26.4. The van der Waals surface area contributed by atoms with Crippen LogP contribution in [0.3, 0.4) is 0 Å². The smallest absolute Gasteiger partial charge is 0.338 e. The van der Waals surface area contributed by atoms with E-state index in [0.29, 0.717) is 64.4 Å². The number of aromatic carboxylic acids is 1. The SMILES string of the molecule is CCCCCCCCCCOC(=O)c1ccc(COc2ccccc2CN2CCN(C(=O)CNC(=O)CC34CC5CC(CC(C5)C3)C4)CC2)cc1.CN=PI.O=C(CC12CC3CC(CC(C3)C1)C2)NCC(=O)N1CCN(Cc2ccccc2OCc2ccc(C(=O)O)cc2)CC1. The molecule has 520 valence electrons. The van der Waals surface area contributed by atoms with E-state index in [1.165, 1.54) is 116 Å². The average molecular weight is 1450 g/mol. The number of benzene rings is 4. The lowest BCUT2D eigenvalue weighted by atomic mass is 9.49. The van der Waals surface area contributed by atoms with Gasteiger partial charge in [0.2, 0.25) is 23.6 Å². The second-order valence-corrected chi connectivity index (χ2v) is 31.3. The Morgan fingerprint density at radius 3 is 1.26 bits per heavy atom. The highest BCUT2D eigenvalue weighted by molar-refractivity contribution is 14.2. The van der Waals surface area contributed by atoms with Crippen molar-refractivity contribution in [2.45, 2.75) is 174 Å². The first-order valence-electron chi connectivity index (χ1n) is 36.1. The second kappa shape index (κ2) is 36.2. The van der Waals surface area contributed by atoms with Crippen LogP contribution in [0.15, 0.2) is 102 Å². The van der Waals surface area contributed by atoms with E-state index >= 15 is 0 Å². The summed E-state index contributed by atoms with van der Waals surface area (Å²) in [5, 5.41) is 15.0. The number of piperazine rings is 2. The van der Waals surface area contributed by atoms with Gasteiger partial charge in [-0.1, -0.05) is 113 Å². The summed E-state index contributed by atoms with van der Waals surface area (Å²) in [7, 11) is 1.79. The summed E-state index contributed by atoms with van der Waals surface area (Å²) in [5.41, 5.74) is 5.28. The average Bonchev–Trinajstić information content (AvgIpc) is 0.758. The number of amides is 4. The van der Waals surface area contributed by atoms with Crippen molar-refractivity contribution in [2.24, 2.45) is 51.1 Å². The van der Waals surface area contributed by atoms with Gasteiger partial charge in [0.1, 0.15) is 24.7 Å². The van der Waals surface area contributed by atoms with Crippen LogP contribution in [0.5, 0.6) is 11.5 Å². The van der Waals surface area contributed by atoms with Gasteiger partial charge >= 0.3 is 11.9 Å². The molecule has 17 nitrogen and oxygen atoms in total. The van der Waals surface area contributed by atoms with Crippen LogP contribution in [0, 0.1) is 46.3 Å². The Morgan fingerprint density at radius 2 is 0.885 bits per heavy atom. The number of nitrogens with one attached hydrogen (secondary N) is 2. The second-order valence-electron chi connectivity index (χ2n) is 29.4. The summed E-state index contributed by atoms with van der Waals surface area (Å²) >= 11 is 2.16. The normalized spacial score (nSPS) is 24.7. The minimum absolute atomic E-state index is 0.00108. The molecule has 0 unspecified atom stereocenters. The first-order chi connectivity index (χ1) is 46.6. The number of para-hydroxylation sites is 2. The Labute approximate surface area is 585 Å². The molecular weight excluding hydrogens is 1340 g/mol. The topological polar surface area (TPSA) is 200 Å². The molecule has 2 aliphatic heterocycles. The molecule has 4 amide bonds. The summed E-state index contributed by atoms with van der Waals surface area (Å²) in [4.78, 5) is 83.8. The van der Waals surface area contributed by atoms with E-state index in [2.05, 4.69) is 66.3 Å². The van der Waals surface area contributed by atoms with Crippen LogP contribution in [0.4, 0.5) is 0 Å². The van der Waals surface area contributed by atoms with E-state index in [1.807, 2.05) is 70.5 Å². The predicted octanol–water partition coefficient (Wildman–Crippen LogP) is 14.4. The van der Waals surface area contributed by atoms with Crippen molar-refractivity contribution in [3.63, 3.8) is 0 Å². The van der Waals surface area contributed by atoms with Crippen LogP contribution >= 0.6 is 28.1 Å². The van der Waals surface area contributed by atoms with E-state index in [0.717, 1.165) is 127 Å². The Kier molecular flexibility index (Phi) is 27.5. The van der Waals surface area contributed by atoms with Gasteiger partial charge in [0.05, 0.1) is 36.8 Å². The molecule has 19 heteroatoms. The maximum Gasteiger partial charge on any atom is 0.338 e. The molecule has 10 aliphatic rings. The molecule has 0 spiro atoms. The number of ether oxygens (including phenoxy) is 3. The van der Waals surface area contributed by atoms with E-state index in [9.17, 15) is 28.8 Å². The van der Waals surface area contributed by atoms with Crippen LogP contribution in [-0.2, 0) is 50.2 Å². The lowest BCUT2D eigenvalue weighted by Gasteiger charge is -2.56. The lowest BCUT2D eigenvalue weighted by Crippen LogP contribution is -2.51. The molecule has 0 atom stereocenters. The van der Waals surface area contributed by atoms with Crippen LogP contribution in [0.25, 0.3) is 0 Å². The standard InChI is InChI=1S/C43H61N3O5.C33H41N3O5.CH3INP/c1-2-3-4-5-6-7-8-11-22-50-42(49)37-16-14-33(15-17-37)32-51-39-13-10-9-12-38(39)31-45-18-20-46(21-19-45)41(48)30-44-40(47)29-43-26-34-23-35(27-43)25-36(24-34)28-43;37-30(19-33-16-24-13-25(17-33)15-26(14-24)18-33)34-20-31(38)36-11-9-35(10-12-36)21-28-3-1-2-4-29(28)41-22-23-5-7-27(8-6-23)32(39)40;1-3-4-2/h9-10,12-17,34-36H,2-8,11,18-32H2,1H3,(H,44,47);1-8,24-26H,9-22H2,(H,34,37)(H,39,40);1H3. The predicted molar refractivity (Wildman–Crippen MR) is 384 cm³/mol. The number of unbranched alkanes of at least 4 members (excludes halogenated alkanes) is 7. The van der Waals surface area contributed by atoms with Gasteiger partial charge in [0.15, 0.2) is 0 Å². The van der Waals surface area contributed by atoms with Gasteiger partial charge in [-0.15, -0.1) is 0 Å². The number of hydrogen-bond donors (Lipinski definition) is 3. The third-order valence-corrected chi connectivity index (χ3v) is 23.4. The van der Waals surface area contributed by atoms with Crippen molar-refractivity contribution in [2.75, 3.05) is 79.1 Å². The molecule has 3 N–H and O–H groups in total. The maximum absolute atomic E-state index is 13.0. The third kappa shape index (κ3) is 21.5. The molecule has 8 aliphatic carbocycles. The molecule has 2 heterocycles. The minimum atomic E-state index is -0.943. The molecule has 8 bridgehead atoms. The zero-order valence-electron chi connectivity index (χ0n) is 57.0. The molecule has 96 heavy (non-hydrogen) atoms. The highest BCUT2D eigenvalue weighted by Gasteiger charge is 2.53. The molecule has 10 fully saturated rings. The largest absolute Gasteiger partial charge is 0.489 e. The highest BCUT2D eigenvalue weighted by Crippen LogP contribution is 2.62. The zero-order valence-corrected chi connectivity index (χ0v) is 60.1. The van der Waals surface area contributed by atoms with Crippen molar-refractivity contribution in [1.82, 2.24) is 30.2 Å². The fourth-order valence-electron chi connectivity index (χ4n) is 18.0. The molecular formula is C77H105IN7O10P. The molecule has 0 radical (unpaired) electrons. The Bertz CT molecular complexity index is 3150. The molecule has 4 aromatic rings. The quantitative estimate of drug-likeness (QED) is 0.0201. The van der Waals surface area contributed by atoms with E-state index < -0.39 is 5.97 Å². The van der Waals surface area contributed by atoms with Crippen LogP contribution < -0.4 is 20.1 Å². The summed E-state index contributed by atoms with van der Waals surface area (Å²) in [6, 6.07) is 31.4. The van der Waals surface area contributed by atoms with Gasteiger partial charge in [-0.25, -0.2) is 9.59 Å². The molecule has 4 aromatic carbocycles. The van der Waals surface area contributed by atoms with E-state index in [-0.39, 0.29) is 59.1 Å². The monoisotopic (exact) mass is 1450 g/mol. The number of carbonyl (C=O) groups is 6. The van der Waals surface area contributed by atoms with Crippen molar-refractivity contribution in [1.29, 1.82) is 0 Å². The Balaban J connectivity index is 0.000000202. The molecule has 14 rings (SSSR count). The number of carboxylic acid groups (broad SMARTS) is 1. The first-order valence-corrected chi connectivity index (χ1v) is 39.7. The van der Waals surface area contributed by atoms with Crippen molar-refractivity contribution in [3.8, 4) is 11.5 Å². The number of rotatable bonds is 29. The van der Waals surface area contributed by atoms with Crippen LogP contribution in [0.1, 0.15) is 191 Å². The van der Waals surface area contributed by atoms with Crippen molar-refractivity contribution in [3.05, 3.63) is 130 Å². The van der Waals surface area contributed by atoms with Crippen LogP contribution in [0.2, 0.25) is 0 Å². The number of halogens is 1. The maximum atomic E-state index is 13.0. The first kappa shape index (κ1) is 72.8. The zero-order chi connectivity index (χ0) is 67.3. The van der Waals surface area contributed by atoms with Gasteiger partial charge in [0.25, 0.3) is 0 Å². The lowest BCUT2D eigenvalue weighted by molar-refractivity contribution is -0.136. The number of esters is 1. The number of nitrogens with zero attached hydrogens (tertiary/aromatic N) is 5. The van der Waals surface area contributed by atoms with Crippen LogP contribution in [-0.4, -0.2) is 139 Å². The van der Waals surface area contributed by atoms with E-state index in [4.69, 9.17) is 19.3 Å². The van der Waals surface area contributed by atoms with Crippen molar-refractivity contribution < 1.29 is 48.1 Å². The molecule has 0 aromatic heterocycles. The summed E-state index contributed by atoms with van der Waals surface area (Å²) in [6.45, 7) is 10.8. The van der Waals surface area contributed by atoms with Gasteiger partial charge < -0.3 is 39.8 Å². The Morgan fingerprint density at radius 1 is 0.521 bits per heavy atom. The van der Waals surface area contributed by atoms with Gasteiger partial charge in [-0.2, -0.15) is 0 Å². The van der Waals surface area contributed by atoms with Crippen molar-refractivity contribution >= 4 is 63.6 Å². The minimum Gasteiger partial charge on any atom is -0.489 e. The fraction of sp³-hybridized carbons (Fsp3) is 0.610. The fourth-order valence-corrected chi connectivity index (χ4v) is 18.0. The Hall–Kier alpha value is -5.95. The number of hydrogen-bond acceptors (Lipinski definition) is 12. The summed E-state index contributed by atoms with van der Waals surface area (Å²) < 4.78 is 21.5. The third-order valence-electron chi connectivity index (χ3n) is 21.9.